The first-order valence-electron chi connectivity index (χ1n) is 5.89. The van der Waals surface area contributed by atoms with Crippen molar-refractivity contribution in [3.05, 3.63) is 54.9 Å². The molecule has 0 spiro atoms. The number of ether oxygens (including phenoxy) is 2. The van der Waals surface area contributed by atoms with E-state index < -0.39 is 0 Å². The molecule has 0 saturated heterocycles. The van der Waals surface area contributed by atoms with Crippen LogP contribution in [-0.2, 0) is 0 Å². The van der Waals surface area contributed by atoms with Crippen LogP contribution >= 0.6 is 47.8 Å². The van der Waals surface area contributed by atoms with Crippen molar-refractivity contribution < 1.29 is 14.3 Å². The van der Waals surface area contributed by atoms with Crippen molar-refractivity contribution in [2.24, 2.45) is 0 Å². The number of halogens is 3. The number of rotatable bonds is 4. The lowest BCUT2D eigenvalue weighted by molar-refractivity contribution is 0.103. The van der Waals surface area contributed by atoms with Crippen molar-refractivity contribution in [2.75, 3.05) is 14.2 Å². The van der Waals surface area contributed by atoms with Crippen molar-refractivity contribution in [3.8, 4) is 11.5 Å². The maximum atomic E-state index is 12.8. The molecule has 0 aliphatic rings. The zero-order chi connectivity index (χ0) is 15.6. The van der Waals surface area contributed by atoms with Crippen LogP contribution in [0.4, 0.5) is 0 Å². The van der Waals surface area contributed by atoms with E-state index in [4.69, 9.17) is 9.47 Å². The number of hydrogen-bond acceptors (Lipinski definition) is 3. The minimum absolute atomic E-state index is 0.147. The van der Waals surface area contributed by atoms with E-state index in [2.05, 4.69) is 47.8 Å². The number of carbonyl (C=O) groups excluding carboxylic acids is 1. The van der Waals surface area contributed by atoms with E-state index in [1.54, 1.807) is 25.3 Å². The van der Waals surface area contributed by atoms with Gasteiger partial charge in [0.2, 0.25) is 0 Å². The molecule has 0 bridgehead atoms. The maximum Gasteiger partial charge on any atom is 0.198 e. The second-order valence-corrected chi connectivity index (χ2v) is 6.76. The van der Waals surface area contributed by atoms with Crippen LogP contribution in [-0.4, -0.2) is 20.0 Å². The van der Waals surface area contributed by atoms with Crippen LogP contribution in [0.25, 0.3) is 0 Å². The van der Waals surface area contributed by atoms with E-state index in [1.807, 2.05) is 12.1 Å². The van der Waals surface area contributed by atoms with Gasteiger partial charge in [-0.05, 0) is 46.3 Å². The lowest BCUT2D eigenvalue weighted by atomic mass is 10.0. The molecule has 0 aliphatic carbocycles. The summed E-state index contributed by atoms with van der Waals surface area (Å²) in [5, 5.41) is 0. The fraction of sp³-hybridized carbons (Fsp3) is 0.133. The lowest BCUT2D eigenvalue weighted by Gasteiger charge is -2.12. The molecule has 0 saturated carbocycles. The summed E-state index contributed by atoms with van der Waals surface area (Å²) < 4.78 is 12.8. The van der Waals surface area contributed by atoms with E-state index >= 15 is 0 Å². The van der Waals surface area contributed by atoms with Gasteiger partial charge >= 0.3 is 0 Å². The summed E-state index contributed by atoms with van der Waals surface area (Å²) in [6.07, 6.45) is 0. The van der Waals surface area contributed by atoms with Crippen LogP contribution < -0.4 is 9.47 Å². The second kappa shape index (κ2) is 6.94. The minimum atomic E-state index is -0.147. The summed E-state index contributed by atoms with van der Waals surface area (Å²) in [5.74, 6) is 0.913. The van der Waals surface area contributed by atoms with Gasteiger partial charge in [0.25, 0.3) is 0 Å². The molecule has 0 fully saturated rings. The van der Waals surface area contributed by atoms with Crippen LogP contribution in [0.3, 0.4) is 0 Å². The number of ketones is 1. The molecular weight excluding hydrogens is 468 g/mol. The molecule has 21 heavy (non-hydrogen) atoms. The number of benzene rings is 2. The Kier molecular flexibility index (Phi) is 5.46. The van der Waals surface area contributed by atoms with E-state index in [1.165, 1.54) is 7.11 Å². The van der Waals surface area contributed by atoms with Gasteiger partial charge in [0.05, 0.1) is 24.3 Å². The van der Waals surface area contributed by atoms with Crippen molar-refractivity contribution in [3.63, 3.8) is 0 Å². The average molecular weight is 479 g/mol. The molecule has 6 heteroatoms. The van der Waals surface area contributed by atoms with Crippen LogP contribution in [0, 0.1) is 0 Å². The minimum Gasteiger partial charge on any atom is -0.496 e. The predicted octanol–water partition coefficient (Wildman–Crippen LogP) is 5.22. The Balaban J connectivity index is 2.59. The molecule has 0 heterocycles. The summed E-state index contributed by atoms with van der Waals surface area (Å²) >= 11 is 10.2. The summed E-state index contributed by atoms with van der Waals surface area (Å²) in [7, 11) is 3.08. The molecule has 0 N–H and O–H groups in total. The third-order valence-electron chi connectivity index (χ3n) is 2.89. The summed E-state index contributed by atoms with van der Waals surface area (Å²) in [4.78, 5) is 12.8. The molecule has 0 amide bonds. The first kappa shape index (κ1) is 16.5. The summed E-state index contributed by atoms with van der Waals surface area (Å²) in [6, 6.07) is 8.83. The number of methoxy groups -OCH3 is 2. The van der Waals surface area contributed by atoms with Gasteiger partial charge in [-0.2, -0.15) is 0 Å². The zero-order valence-corrected chi connectivity index (χ0v) is 16.0. The smallest absolute Gasteiger partial charge is 0.198 e. The molecule has 0 aromatic heterocycles. The molecule has 110 valence electrons. The molecule has 3 nitrogen and oxygen atoms in total. The Hall–Kier alpha value is -0.850. The number of hydrogen-bond donors (Lipinski definition) is 0. The Morgan fingerprint density at radius 2 is 1.52 bits per heavy atom. The van der Waals surface area contributed by atoms with Gasteiger partial charge in [-0.1, -0.05) is 31.9 Å². The van der Waals surface area contributed by atoms with Gasteiger partial charge in [-0.3, -0.25) is 4.79 Å². The highest BCUT2D eigenvalue weighted by Gasteiger charge is 2.20. The topological polar surface area (TPSA) is 35.5 Å². The van der Waals surface area contributed by atoms with Crippen molar-refractivity contribution in [2.45, 2.75) is 0 Å². The van der Waals surface area contributed by atoms with E-state index in [-0.39, 0.29) is 5.78 Å². The fourth-order valence-electron chi connectivity index (χ4n) is 1.85. The van der Waals surface area contributed by atoms with Crippen LogP contribution in [0.15, 0.2) is 43.7 Å². The second-order valence-electron chi connectivity index (χ2n) is 4.14. The first-order valence-corrected chi connectivity index (χ1v) is 8.27. The largest absolute Gasteiger partial charge is 0.496 e. The highest BCUT2D eigenvalue weighted by molar-refractivity contribution is 9.11. The Morgan fingerprint density at radius 1 is 0.857 bits per heavy atom. The zero-order valence-electron chi connectivity index (χ0n) is 11.2. The van der Waals surface area contributed by atoms with Crippen LogP contribution in [0.1, 0.15) is 15.9 Å². The van der Waals surface area contributed by atoms with Gasteiger partial charge in [0.1, 0.15) is 11.5 Å². The number of carbonyl (C=O) groups is 1. The SMILES string of the molecule is COc1cc(C(=O)c2cc(Br)ccc2Br)c(OC)cc1Br. The monoisotopic (exact) mass is 476 g/mol. The summed E-state index contributed by atoms with van der Waals surface area (Å²) in [6.45, 7) is 0. The van der Waals surface area contributed by atoms with Gasteiger partial charge in [0.15, 0.2) is 5.78 Å². The third kappa shape index (κ3) is 3.49. The molecule has 2 aromatic carbocycles. The Bertz CT molecular complexity index is 699. The van der Waals surface area contributed by atoms with E-state index in [0.29, 0.717) is 22.6 Å². The van der Waals surface area contributed by atoms with Gasteiger partial charge < -0.3 is 9.47 Å². The van der Waals surface area contributed by atoms with Crippen molar-refractivity contribution >= 4 is 53.6 Å². The van der Waals surface area contributed by atoms with Gasteiger partial charge in [-0.15, -0.1) is 0 Å². The van der Waals surface area contributed by atoms with E-state index in [0.717, 1.165) is 13.4 Å². The van der Waals surface area contributed by atoms with Gasteiger partial charge in [0, 0.05) is 14.5 Å². The van der Waals surface area contributed by atoms with Crippen molar-refractivity contribution in [1.82, 2.24) is 0 Å². The quantitative estimate of drug-likeness (QED) is 0.565. The highest BCUT2D eigenvalue weighted by Crippen LogP contribution is 2.35. The standard InChI is InChI=1S/C15H11Br3O3/c1-20-13-7-12(18)14(21-2)6-10(13)15(19)9-5-8(16)3-4-11(9)17/h3-7H,1-2H3. The first-order chi connectivity index (χ1) is 9.97. The molecular formula is C15H11Br3O3. The third-order valence-corrected chi connectivity index (χ3v) is 4.70. The maximum absolute atomic E-state index is 12.8. The average Bonchev–Trinajstić information content (AvgIpc) is 2.48. The Morgan fingerprint density at radius 3 is 2.14 bits per heavy atom. The molecule has 0 unspecified atom stereocenters. The molecule has 0 atom stereocenters. The summed E-state index contributed by atoms with van der Waals surface area (Å²) in [5.41, 5.74) is 0.989. The van der Waals surface area contributed by atoms with Crippen LogP contribution in [0.5, 0.6) is 11.5 Å². The molecule has 0 aliphatic heterocycles. The van der Waals surface area contributed by atoms with Gasteiger partial charge in [-0.25, -0.2) is 0 Å². The molecule has 2 rings (SSSR count). The van der Waals surface area contributed by atoms with Crippen molar-refractivity contribution in [1.29, 1.82) is 0 Å². The normalized spacial score (nSPS) is 10.3. The lowest BCUT2D eigenvalue weighted by Crippen LogP contribution is -2.06. The fourth-order valence-corrected chi connectivity index (χ4v) is 3.13. The van der Waals surface area contributed by atoms with Crippen LogP contribution in [0.2, 0.25) is 0 Å². The molecule has 0 radical (unpaired) electrons. The van der Waals surface area contributed by atoms with E-state index in [9.17, 15) is 4.79 Å². The Labute approximate surface area is 148 Å². The predicted molar refractivity (Wildman–Crippen MR) is 92.5 cm³/mol. The molecule has 2 aromatic rings. The highest BCUT2D eigenvalue weighted by atomic mass is 79.9.